The van der Waals surface area contributed by atoms with Gasteiger partial charge in [0.2, 0.25) is 0 Å². The van der Waals surface area contributed by atoms with Gasteiger partial charge < -0.3 is 0 Å². The quantitative estimate of drug-likeness (QED) is 0.437. The van der Waals surface area contributed by atoms with E-state index in [-0.39, 0.29) is 4.83 Å². The van der Waals surface area contributed by atoms with Gasteiger partial charge in [0.25, 0.3) is 0 Å². The smallest absolute Gasteiger partial charge is 0.0887 e. The van der Waals surface area contributed by atoms with Gasteiger partial charge >= 0.3 is 0 Å². The third-order valence-electron chi connectivity index (χ3n) is 2.37. The van der Waals surface area contributed by atoms with E-state index >= 15 is 0 Å². The van der Waals surface area contributed by atoms with Crippen molar-refractivity contribution < 1.29 is 0 Å². The lowest BCUT2D eigenvalue weighted by Crippen LogP contribution is -1.92. The summed E-state index contributed by atoms with van der Waals surface area (Å²) in [6.07, 6.45) is 0.834. The Morgan fingerprint density at radius 2 is 1.78 bits per heavy atom. The molecular formula is C12H7Br2Cl3S. The standard InChI is InChI=1S/C12H7Br2Cl3S/c13-7(11-5-10(17)12(14)18-11)3-6-1-2-8(15)9(16)4-6/h1-2,4-5,7H,3H2. The van der Waals surface area contributed by atoms with Crippen LogP contribution in [0.25, 0.3) is 0 Å². The number of hydrogen-bond donors (Lipinski definition) is 0. The van der Waals surface area contributed by atoms with Crippen molar-refractivity contribution in [3.05, 3.63) is 53.6 Å². The Bertz CT molecular complexity index is 549. The summed E-state index contributed by atoms with van der Waals surface area (Å²) in [5.74, 6) is 0. The summed E-state index contributed by atoms with van der Waals surface area (Å²) < 4.78 is 0.956. The van der Waals surface area contributed by atoms with Crippen LogP contribution in [0.1, 0.15) is 15.3 Å². The normalized spacial score (nSPS) is 12.7. The zero-order valence-corrected chi connectivity index (χ0v) is 15.1. The zero-order chi connectivity index (χ0) is 13.3. The maximum absolute atomic E-state index is 6.03. The molecule has 0 N–H and O–H groups in total. The van der Waals surface area contributed by atoms with Crippen molar-refractivity contribution in [2.75, 3.05) is 0 Å². The van der Waals surface area contributed by atoms with Crippen molar-refractivity contribution in [2.45, 2.75) is 11.2 Å². The second kappa shape index (κ2) is 6.47. The summed E-state index contributed by atoms with van der Waals surface area (Å²) in [4.78, 5) is 1.39. The van der Waals surface area contributed by atoms with E-state index < -0.39 is 0 Å². The van der Waals surface area contributed by atoms with Crippen molar-refractivity contribution in [2.24, 2.45) is 0 Å². The molecule has 0 aliphatic rings. The Hall–Kier alpha value is 0.750. The molecule has 0 saturated carbocycles. The Morgan fingerprint density at radius 3 is 2.33 bits per heavy atom. The molecule has 0 amide bonds. The van der Waals surface area contributed by atoms with E-state index in [1.54, 1.807) is 11.3 Å². The van der Waals surface area contributed by atoms with E-state index in [4.69, 9.17) is 34.8 Å². The first-order valence-corrected chi connectivity index (χ1v) is 8.66. The molecule has 0 aliphatic heterocycles. The Balaban J connectivity index is 2.15. The van der Waals surface area contributed by atoms with E-state index in [2.05, 4.69) is 31.9 Å². The van der Waals surface area contributed by atoms with Crippen molar-refractivity contribution in [1.29, 1.82) is 0 Å². The average Bonchev–Trinajstić information content (AvgIpc) is 2.65. The lowest BCUT2D eigenvalue weighted by atomic mass is 10.1. The minimum absolute atomic E-state index is 0.212. The fraction of sp³-hybridized carbons (Fsp3) is 0.167. The molecule has 0 fully saturated rings. The van der Waals surface area contributed by atoms with Crippen LogP contribution in [0.3, 0.4) is 0 Å². The molecule has 0 aliphatic carbocycles. The molecule has 18 heavy (non-hydrogen) atoms. The van der Waals surface area contributed by atoms with E-state index in [9.17, 15) is 0 Å². The molecule has 0 nitrogen and oxygen atoms in total. The van der Waals surface area contributed by atoms with Crippen molar-refractivity contribution in [1.82, 2.24) is 0 Å². The predicted octanol–water partition coefficient (Wildman–Crippen LogP) is 7.15. The third kappa shape index (κ3) is 3.65. The van der Waals surface area contributed by atoms with Crippen LogP contribution < -0.4 is 0 Å². The van der Waals surface area contributed by atoms with Gasteiger partial charge in [0.05, 0.1) is 23.7 Å². The van der Waals surface area contributed by atoms with Gasteiger partial charge in [0, 0.05) is 4.88 Å². The largest absolute Gasteiger partial charge is 0.130 e. The van der Waals surface area contributed by atoms with E-state index in [1.165, 1.54) is 4.88 Å². The minimum atomic E-state index is 0.212. The van der Waals surface area contributed by atoms with E-state index in [0.29, 0.717) is 10.0 Å². The van der Waals surface area contributed by atoms with E-state index in [1.807, 2.05) is 24.3 Å². The summed E-state index contributed by atoms with van der Waals surface area (Å²) in [5, 5.41) is 1.90. The first-order chi connectivity index (χ1) is 8.47. The molecule has 0 spiro atoms. The predicted molar refractivity (Wildman–Crippen MR) is 88.9 cm³/mol. The highest BCUT2D eigenvalue weighted by molar-refractivity contribution is 9.11. The molecule has 2 rings (SSSR count). The Kier molecular flexibility index (Phi) is 5.44. The number of benzene rings is 1. The summed E-state index contributed by atoms with van der Waals surface area (Å²) in [6, 6.07) is 7.65. The molecule has 1 aromatic carbocycles. The van der Waals surface area contributed by atoms with E-state index in [0.717, 1.165) is 20.8 Å². The van der Waals surface area contributed by atoms with Crippen LogP contribution in [0.15, 0.2) is 28.1 Å². The minimum Gasteiger partial charge on any atom is -0.130 e. The van der Waals surface area contributed by atoms with Gasteiger partial charge in [-0.15, -0.1) is 11.3 Å². The zero-order valence-electron chi connectivity index (χ0n) is 8.89. The topological polar surface area (TPSA) is 0 Å². The fourth-order valence-electron chi connectivity index (χ4n) is 1.49. The molecule has 1 heterocycles. The van der Waals surface area contributed by atoms with Crippen LogP contribution in [0.4, 0.5) is 0 Å². The molecule has 1 atom stereocenters. The van der Waals surface area contributed by atoms with Crippen LogP contribution in [0.2, 0.25) is 15.1 Å². The lowest BCUT2D eigenvalue weighted by molar-refractivity contribution is 0.970. The monoisotopic (exact) mass is 446 g/mol. The molecule has 1 aromatic heterocycles. The number of thiophene rings is 1. The number of alkyl halides is 1. The lowest BCUT2D eigenvalue weighted by Gasteiger charge is -2.08. The number of halogens is 5. The number of rotatable bonds is 3. The molecule has 2 aromatic rings. The van der Waals surface area contributed by atoms with Crippen LogP contribution in [-0.2, 0) is 6.42 Å². The highest BCUT2D eigenvalue weighted by atomic mass is 79.9. The molecule has 6 heteroatoms. The van der Waals surface area contributed by atoms with Crippen molar-refractivity contribution in [3.8, 4) is 0 Å². The summed E-state index contributed by atoms with van der Waals surface area (Å²) in [7, 11) is 0. The fourth-order valence-corrected chi connectivity index (χ4v) is 4.32. The molecule has 0 saturated heterocycles. The third-order valence-corrected chi connectivity index (χ3v) is 6.82. The van der Waals surface area contributed by atoms with Gasteiger partial charge in [-0.05, 0) is 46.1 Å². The van der Waals surface area contributed by atoms with Gasteiger partial charge in [-0.3, -0.25) is 0 Å². The number of hydrogen-bond acceptors (Lipinski definition) is 1. The van der Waals surface area contributed by atoms with Crippen LogP contribution in [-0.4, -0.2) is 0 Å². The maximum atomic E-state index is 6.03. The summed E-state index contributed by atoms with van der Waals surface area (Å²) >= 11 is 26.6. The van der Waals surface area contributed by atoms with Crippen LogP contribution in [0, 0.1) is 0 Å². The molecule has 0 radical (unpaired) electrons. The van der Waals surface area contributed by atoms with Crippen LogP contribution >= 0.6 is 78.0 Å². The first-order valence-electron chi connectivity index (χ1n) is 5.00. The first kappa shape index (κ1) is 15.1. The van der Waals surface area contributed by atoms with Gasteiger partial charge in [-0.25, -0.2) is 0 Å². The van der Waals surface area contributed by atoms with Gasteiger partial charge in [0.15, 0.2) is 0 Å². The SMILES string of the molecule is Clc1ccc(CC(Br)c2cc(Cl)c(Br)s2)cc1Cl. The summed E-state index contributed by atoms with van der Waals surface area (Å²) in [5.41, 5.74) is 1.13. The summed E-state index contributed by atoms with van der Waals surface area (Å²) in [6.45, 7) is 0. The highest BCUT2D eigenvalue weighted by Gasteiger charge is 2.14. The molecular weight excluding hydrogens is 442 g/mol. The molecule has 0 bridgehead atoms. The second-order valence-corrected chi connectivity index (χ2v) is 8.42. The molecule has 1 unspecified atom stereocenters. The highest BCUT2D eigenvalue weighted by Crippen LogP contribution is 2.39. The maximum Gasteiger partial charge on any atom is 0.0887 e. The molecule has 96 valence electrons. The Morgan fingerprint density at radius 1 is 1.06 bits per heavy atom. The van der Waals surface area contributed by atoms with Gasteiger partial charge in [-0.1, -0.05) is 56.8 Å². The Labute approximate surface area is 142 Å². The van der Waals surface area contributed by atoms with Gasteiger partial charge in [-0.2, -0.15) is 0 Å². The van der Waals surface area contributed by atoms with Crippen molar-refractivity contribution in [3.63, 3.8) is 0 Å². The van der Waals surface area contributed by atoms with Crippen LogP contribution in [0.5, 0.6) is 0 Å². The van der Waals surface area contributed by atoms with Crippen molar-refractivity contribution >= 4 is 78.0 Å². The second-order valence-electron chi connectivity index (χ2n) is 3.69. The average molecular weight is 449 g/mol. The van der Waals surface area contributed by atoms with Gasteiger partial charge in [0.1, 0.15) is 0 Å².